The molecule has 0 aliphatic rings. The molecule has 0 saturated heterocycles. The van der Waals surface area contributed by atoms with Gasteiger partial charge in [0.2, 0.25) is 0 Å². The van der Waals surface area contributed by atoms with Crippen LogP contribution < -0.4 is 5.32 Å². The predicted molar refractivity (Wildman–Crippen MR) is 87.2 cm³/mol. The summed E-state index contributed by atoms with van der Waals surface area (Å²) >= 11 is 0. The molecule has 106 valence electrons. The molecule has 0 aliphatic carbocycles. The Bertz CT molecular complexity index is 520. The summed E-state index contributed by atoms with van der Waals surface area (Å²) in [7, 11) is 4.20. The zero-order chi connectivity index (χ0) is 14.4. The van der Waals surface area contributed by atoms with Crippen LogP contribution in [0.25, 0.3) is 0 Å². The van der Waals surface area contributed by atoms with E-state index in [-0.39, 0.29) is 0 Å². The number of rotatable bonds is 6. The third-order valence-electron chi connectivity index (χ3n) is 3.47. The second kappa shape index (κ2) is 7.11. The lowest BCUT2D eigenvalue weighted by Crippen LogP contribution is -2.15. The van der Waals surface area contributed by atoms with Gasteiger partial charge in [0.25, 0.3) is 0 Å². The molecule has 0 aromatic heterocycles. The normalized spacial score (nSPS) is 12.4. The van der Waals surface area contributed by atoms with Crippen LogP contribution in [0.5, 0.6) is 0 Å². The van der Waals surface area contributed by atoms with Gasteiger partial charge in [0.05, 0.1) is 0 Å². The van der Waals surface area contributed by atoms with Crippen LogP contribution in [0, 0.1) is 0 Å². The molecular weight excluding hydrogens is 244 g/mol. The molecule has 2 aromatic carbocycles. The van der Waals surface area contributed by atoms with Crippen molar-refractivity contribution >= 4 is 5.69 Å². The summed E-state index contributed by atoms with van der Waals surface area (Å²) in [5, 5.41) is 3.59. The quantitative estimate of drug-likeness (QED) is 0.853. The van der Waals surface area contributed by atoms with Crippen molar-refractivity contribution in [2.75, 3.05) is 26.0 Å². The van der Waals surface area contributed by atoms with E-state index in [1.54, 1.807) is 0 Å². The highest BCUT2D eigenvalue weighted by Crippen LogP contribution is 2.19. The average Bonchev–Trinajstić information content (AvgIpc) is 2.46. The monoisotopic (exact) mass is 268 g/mol. The van der Waals surface area contributed by atoms with Crippen molar-refractivity contribution in [3.8, 4) is 0 Å². The van der Waals surface area contributed by atoms with E-state index in [1.807, 2.05) is 0 Å². The van der Waals surface area contributed by atoms with Crippen molar-refractivity contribution in [3.63, 3.8) is 0 Å². The second-order valence-corrected chi connectivity index (χ2v) is 5.59. The van der Waals surface area contributed by atoms with Crippen LogP contribution in [-0.2, 0) is 6.54 Å². The van der Waals surface area contributed by atoms with Crippen LogP contribution in [-0.4, -0.2) is 25.5 Å². The maximum Gasteiger partial charge on any atom is 0.0386 e. The summed E-state index contributed by atoms with van der Waals surface area (Å²) in [5.74, 6) is 0.503. The van der Waals surface area contributed by atoms with Gasteiger partial charge < -0.3 is 10.2 Å². The van der Waals surface area contributed by atoms with Crippen molar-refractivity contribution in [3.05, 3.63) is 65.7 Å². The van der Waals surface area contributed by atoms with Gasteiger partial charge in [-0.2, -0.15) is 0 Å². The molecule has 0 spiro atoms. The predicted octanol–water partition coefficient (Wildman–Crippen LogP) is 3.96. The molecule has 2 nitrogen and oxygen atoms in total. The average molecular weight is 268 g/mol. The van der Waals surface area contributed by atoms with Gasteiger partial charge in [0.15, 0.2) is 0 Å². The highest BCUT2D eigenvalue weighted by molar-refractivity contribution is 5.51. The summed E-state index contributed by atoms with van der Waals surface area (Å²) in [6.45, 7) is 4.17. The Hall–Kier alpha value is -1.80. The number of anilines is 1. The fourth-order valence-corrected chi connectivity index (χ4v) is 2.33. The van der Waals surface area contributed by atoms with Crippen molar-refractivity contribution < 1.29 is 0 Å². The Kier molecular flexibility index (Phi) is 5.19. The van der Waals surface area contributed by atoms with Crippen LogP contribution in [0.3, 0.4) is 0 Å². The van der Waals surface area contributed by atoms with E-state index >= 15 is 0 Å². The number of benzene rings is 2. The van der Waals surface area contributed by atoms with Crippen molar-refractivity contribution in [1.29, 1.82) is 0 Å². The Morgan fingerprint density at radius 2 is 1.60 bits per heavy atom. The molecule has 0 aliphatic heterocycles. The first kappa shape index (κ1) is 14.6. The van der Waals surface area contributed by atoms with Gasteiger partial charge >= 0.3 is 0 Å². The minimum absolute atomic E-state index is 0.503. The molecule has 0 bridgehead atoms. The largest absolute Gasteiger partial charge is 0.384 e. The maximum atomic E-state index is 3.59. The van der Waals surface area contributed by atoms with Crippen molar-refractivity contribution in [1.82, 2.24) is 4.90 Å². The highest BCUT2D eigenvalue weighted by atomic mass is 15.1. The lowest BCUT2D eigenvalue weighted by molar-refractivity contribution is 0.403. The molecule has 0 radical (unpaired) electrons. The number of hydrogen-bond donors (Lipinski definition) is 1. The van der Waals surface area contributed by atoms with Gasteiger partial charge in [-0.3, -0.25) is 0 Å². The van der Waals surface area contributed by atoms with Crippen LogP contribution >= 0.6 is 0 Å². The molecule has 2 heteroatoms. The van der Waals surface area contributed by atoms with Crippen molar-refractivity contribution in [2.24, 2.45) is 0 Å². The minimum Gasteiger partial charge on any atom is -0.384 e. The first-order valence-corrected chi connectivity index (χ1v) is 7.18. The van der Waals surface area contributed by atoms with Crippen LogP contribution in [0.2, 0.25) is 0 Å². The van der Waals surface area contributed by atoms with Crippen LogP contribution in [0.4, 0.5) is 5.69 Å². The first-order chi connectivity index (χ1) is 9.66. The molecule has 2 aromatic rings. The smallest absolute Gasteiger partial charge is 0.0386 e. The van der Waals surface area contributed by atoms with Gasteiger partial charge in [0, 0.05) is 18.8 Å². The van der Waals surface area contributed by atoms with E-state index in [0.717, 1.165) is 13.1 Å². The van der Waals surface area contributed by atoms with Gasteiger partial charge in [-0.25, -0.2) is 0 Å². The Balaban J connectivity index is 2.00. The number of nitrogens with one attached hydrogen (secondary N) is 1. The molecule has 0 saturated carbocycles. The SMILES string of the molecule is CC(CNc1ccccc1CN(C)C)c1ccccc1. The zero-order valence-corrected chi connectivity index (χ0v) is 12.6. The molecular formula is C18H24N2. The molecule has 1 atom stereocenters. The van der Waals surface area contributed by atoms with Crippen LogP contribution in [0.1, 0.15) is 24.0 Å². The van der Waals surface area contributed by atoms with Gasteiger partial charge in [-0.15, -0.1) is 0 Å². The van der Waals surface area contributed by atoms with Gasteiger partial charge in [0.1, 0.15) is 0 Å². The molecule has 2 rings (SSSR count). The maximum absolute atomic E-state index is 3.59. The number of para-hydroxylation sites is 1. The molecule has 0 heterocycles. The van der Waals surface area contributed by atoms with Crippen LogP contribution in [0.15, 0.2) is 54.6 Å². The summed E-state index contributed by atoms with van der Waals surface area (Å²) in [4.78, 5) is 2.20. The fraction of sp³-hybridized carbons (Fsp3) is 0.333. The second-order valence-electron chi connectivity index (χ2n) is 5.59. The van der Waals surface area contributed by atoms with E-state index in [2.05, 4.69) is 85.8 Å². The fourth-order valence-electron chi connectivity index (χ4n) is 2.33. The van der Waals surface area contributed by atoms with E-state index in [0.29, 0.717) is 5.92 Å². The highest BCUT2D eigenvalue weighted by Gasteiger charge is 2.07. The Morgan fingerprint density at radius 3 is 2.30 bits per heavy atom. The molecule has 0 fully saturated rings. The topological polar surface area (TPSA) is 15.3 Å². The lowest BCUT2D eigenvalue weighted by Gasteiger charge is -2.18. The minimum atomic E-state index is 0.503. The van der Waals surface area contributed by atoms with Gasteiger partial charge in [-0.05, 0) is 37.2 Å². The standard InChI is InChI=1S/C18H24N2/c1-15(16-9-5-4-6-10-16)13-19-18-12-8-7-11-17(18)14-20(2)3/h4-12,15,19H,13-14H2,1-3H3. The number of nitrogens with zero attached hydrogens (tertiary/aromatic N) is 1. The molecule has 1 N–H and O–H groups in total. The molecule has 0 amide bonds. The lowest BCUT2D eigenvalue weighted by atomic mass is 10.0. The Labute approximate surface area is 122 Å². The van der Waals surface area contributed by atoms with E-state index in [9.17, 15) is 0 Å². The zero-order valence-electron chi connectivity index (χ0n) is 12.6. The van der Waals surface area contributed by atoms with E-state index in [4.69, 9.17) is 0 Å². The molecule has 1 unspecified atom stereocenters. The van der Waals surface area contributed by atoms with Gasteiger partial charge in [-0.1, -0.05) is 55.5 Å². The summed E-state index contributed by atoms with van der Waals surface area (Å²) in [6, 6.07) is 19.2. The van der Waals surface area contributed by atoms with E-state index in [1.165, 1.54) is 16.8 Å². The summed E-state index contributed by atoms with van der Waals surface area (Å²) in [5.41, 5.74) is 3.96. The summed E-state index contributed by atoms with van der Waals surface area (Å²) in [6.07, 6.45) is 0. The summed E-state index contributed by atoms with van der Waals surface area (Å²) < 4.78 is 0. The number of hydrogen-bond acceptors (Lipinski definition) is 2. The van der Waals surface area contributed by atoms with E-state index < -0.39 is 0 Å². The third kappa shape index (κ3) is 4.10. The molecule has 20 heavy (non-hydrogen) atoms. The first-order valence-electron chi connectivity index (χ1n) is 7.18. The van der Waals surface area contributed by atoms with Crippen molar-refractivity contribution in [2.45, 2.75) is 19.4 Å². The third-order valence-corrected chi connectivity index (χ3v) is 3.47. The Morgan fingerprint density at radius 1 is 0.950 bits per heavy atom.